The van der Waals surface area contributed by atoms with Crippen molar-refractivity contribution in [2.45, 2.75) is 11.8 Å². The molecule has 1 rings (SSSR count). The molecule has 0 aliphatic carbocycles. The molecule has 78 valence electrons. The van der Waals surface area contributed by atoms with Gasteiger partial charge in [0.15, 0.2) is 0 Å². The summed E-state index contributed by atoms with van der Waals surface area (Å²) in [6.07, 6.45) is 0. The third kappa shape index (κ3) is 2.28. The van der Waals surface area contributed by atoms with Gasteiger partial charge in [0.2, 0.25) is 0 Å². The summed E-state index contributed by atoms with van der Waals surface area (Å²) in [4.78, 5) is 5.90. The molecular formula is C8H10FNO3S. The fraction of sp³-hybridized carbons (Fsp3) is 0.250. The normalized spacial score (nSPS) is 11.6. The molecular weight excluding hydrogens is 209 g/mol. The summed E-state index contributed by atoms with van der Waals surface area (Å²) in [5.74, 6) is -0.566. The Morgan fingerprint density at radius 1 is 1.43 bits per heavy atom. The molecule has 0 spiro atoms. The van der Waals surface area contributed by atoms with Crippen LogP contribution in [-0.2, 0) is 14.9 Å². The molecule has 0 bridgehead atoms. The van der Waals surface area contributed by atoms with Crippen molar-refractivity contribution in [1.29, 1.82) is 0 Å². The van der Waals surface area contributed by atoms with E-state index < -0.39 is 15.8 Å². The van der Waals surface area contributed by atoms with Crippen molar-refractivity contribution in [3.8, 4) is 0 Å². The lowest BCUT2D eigenvalue weighted by Gasteiger charge is -2.04. The van der Waals surface area contributed by atoms with Crippen molar-refractivity contribution in [2.24, 2.45) is 0 Å². The highest BCUT2D eigenvalue weighted by atomic mass is 32.2. The monoisotopic (exact) mass is 219 g/mol. The predicted molar refractivity (Wildman–Crippen MR) is 48.5 cm³/mol. The van der Waals surface area contributed by atoms with Crippen LogP contribution in [0.2, 0.25) is 0 Å². The van der Waals surface area contributed by atoms with Gasteiger partial charge >= 0.3 is 0 Å². The average molecular weight is 219 g/mol. The minimum Gasteiger partial charge on any atom is -0.290 e. The minimum absolute atomic E-state index is 0.164. The van der Waals surface area contributed by atoms with E-state index >= 15 is 0 Å². The van der Waals surface area contributed by atoms with Gasteiger partial charge in [-0.3, -0.25) is 4.84 Å². The zero-order valence-corrected chi connectivity index (χ0v) is 8.56. The SMILES string of the molecule is CONS(=O)(=O)c1ccc(C)c(F)c1. The third-order valence-electron chi connectivity index (χ3n) is 1.65. The molecule has 1 aromatic carbocycles. The smallest absolute Gasteiger partial charge is 0.262 e. The van der Waals surface area contributed by atoms with Gasteiger partial charge in [-0.2, -0.15) is 0 Å². The Morgan fingerprint density at radius 2 is 2.07 bits per heavy atom. The van der Waals surface area contributed by atoms with E-state index in [1.165, 1.54) is 19.2 Å². The van der Waals surface area contributed by atoms with Gasteiger partial charge in [-0.1, -0.05) is 11.0 Å². The van der Waals surface area contributed by atoms with E-state index in [0.717, 1.165) is 6.07 Å². The number of hydrogen-bond acceptors (Lipinski definition) is 3. The lowest BCUT2D eigenvalue weighted by Crippen LogP contribution is -2.22. The molecule has 1 N–H and O–H groups in total. The summed E-state index contributed by atoms with van der Waals surface area (Å²) in [5.41, 5.74) is 0.390. The molecule has 0 atom stereocenters. The lowest BCUT2D eigenvalue weighted by molar-refractivity contribution is 0.153. The van der Waals surface area contributed by atoms with Crippen LogP contribution in [0.4, 0.5) is 4.39 Å². The first-order valence-electron chi connectivity index (χ1n) is 3.78. The second-order valence-corrected chi connectivity index (χ2v) is 4.35. The van der Waals surface area contributed by atoms with E-state index in [1.807, 2.05) is 0 Å². The van der Waals surface area contributed by atoms with Gasteiger partial charge in [0.1, 0.15) is 5.82 Å². The van der Waals surface area contributed by atoms with Gasteiger partial charge in [-0.15, -0.1) is 0 Å². The summed E-state index contributed by atoms with van der Waals surface area (Å²) in [6.45, 7) is 1.55. The van der Waals surface area contributed by atoms with Crippen LogP contribution < -0.4 is 4.89 Å². The van der Waals surface area contributed by atoms with Gasteiger partial charge in [0.25, 0.3) is 10.0 Å². The molecule has 0 amide bonds. The van der Waals surface area contributed by atoms with E-state index in [1.54, 1.807) is 11.8 Å². The Morgan fingerprint density at radius 3 is 2.57 bits per heavy atom. The van der Waals surface area contributed by atoms with Gasteiger partial charge in [-0.25, -0.2) is 12.8 Å². The van der Waals surface area contributed by atoms with Crippen LogP contribution >= 0.6 is 0 Å². The molecule has 0 radical (unpaired) electrons. The molecule has 6 heteroatoms. The molecule has 0 unspecified atom stereocenters. The van der Waals surface area contributed by atoms with E-state index in [-0.39, 0.29) is 4.90 Å². The number of hydrogen-bond donors (Lipinski definition) is 1. The van der Waals surface area contributed by atoms with Gasteiger partial charge in [0.05, 0.1) is 12.0 Å². The fourth-order valence-corrected chi connectivity index (χ4v) is 1.72. The van der Waals surface area contributed by atoms with Gasteiger partial charge < -0.3 is 0 Å². The maximum atomic E-state index is 13.0. The molecule has 14 heavy (non-hydrogen) atoms. The number of sulfonamides is 1. The molecule has 0 aliphatic rings. The molecule has 4 nitrogen and oxygen atoms in total. The zero-order chi connectivity index (χ0) is 10.8. The Kier molecular flexibility index (Phi) is 3.20. The first-order chi connectivity index (χ1) is 6.47. The highest BCUT2D eigenvalue weighted by Crippen LogP contribution is 2.13. The van der Waals surface area contributed by atoms with Crippen molar-refractivity contribution >= 4 is 10.0 Å². The molecule has 0 aromatic heterocycles. The number of nitrogens with one attached hydrogen (secondary N) is 1. The van der Waals surface area contributed by atoms with Crippen LogP contribution in [0, 0.1) is 12.7 Å². The second kappa shape index (κ2) is 4.04. The summed E-state index contributed by atoms with van der Waals surface area (Å²) in [6, 6.07) is 3.63. The Labute approximate surface area is 81.7 Å². The third-order valence-corrected chi connectivity index (χ3v) is 2.91. The highest BCUT2D eigenvalue weighted by molar-refractivity contribution is 7.89. The first-order valence-corrected chi connectivity index (χ1v) is 5.26. The first kappa shape index (κ1) is 11.1. The lowest BCUT2D eigenvalue weighted by atomic mass is 10.2. The Hall–Kier alpha value is -0.980. The van der Waals surface area contributed by atoms with Gasteiger partial charge in [-0.05, 0) is 24.6 Å². The molecule has 0 saturated heterocycles. The Balaban J connectivity index is 3.15. The minimum atomic E-state index is -3.76. The predicted octanol–water partition coefficient (Wildman–Crippen LogP) is 0.974. The van der Waals surface area contributed by atoms with Crippen molar-refractivity contribution in [3.05, 3.63) is 29.6 Å². The molecule has 1 aromatic rings. The van der Waals surface area contributed by atoms with Crippen LogP contribution in [-0.4, -0.2) is 15.5 Å². The standard InChI is InChI=1S/C8H10FNO3S/c1-6-3-4-7(5-8(6)9)14(11,12)10-13-2/h3-5,10H,1-2H3. The summed E-state index contributed by atoms with van der Waals surface area (Å²) in [5, 5.41) is 0. The topological polar surface area (TPSA) is 55.4 Å². The van der Waals surface area contributed by atoms with E-state index in [2.05, 4.69) is 4.84 Å². The van der Waals surface area contributed by atoms with E-state index in [9.17, 15) is 12.8 Å². The fourth-order valence-electron chi connectivity index (χ4n) is 0.899. The van der Waals surface area contributed by atoms with Crippen molar-refractivity contribution in [3.63, 3.8) is 0 Å². The molecule has 0 aliphatic heterocycles. The quantitative estimate of drug-likeness (QED) is 0.771. The largest absolute Gasteiger partial charge is 0.290 e. The van der Waals surface area contributed by atoms with Crippen LogP contribution in [0.15, 0.2) is 23.1 Å². The van der Waals surface area contributed by atoms with E-state index in [0.29, 0.717) is 5.56 Å². The van der Waals surface area contributed by atoms with Crippen molar-refractivity contribution in [1.82, 2.24) is 4.89 Å². The molecule has 0 heterocycles. The van der Waals surface area contributed by atoms with Crippen LogP contribution in [0.3, 0.4) is 0 Å². The maximum Gasteiger partial charge on any atom is 0.262 e. The summed E-state index contributed by atoms with van der Waals surface area (Å²) < 4.78 is 35.6. The van der Waals surface area contributed by atoms with Crippen LogP contribution in [0.5, 0.6) is 0 Å². The second-order valence-electron chi connectivity index (χ2n) is 2.70. The Bertz CT molecular complexity index is 430. The molecule has 0 saturated carbocycles. The molecule has 0 fully saturated rings. The van der Waals surface area contributed by atoms with Crippen molar-refractivity contribution < 1.29 is 17.6 Å². The van der Waals surface area contributed by atoms with Crippen LogP contribution in [0.25, 0.3) is 0 Å². The van der Waals surface area contributed by atoms with Gasteiger partial charge in [0, 0.05) is 0 Å². The van der Waals surface area contributed by atoms with Crippen molar-refractivity contribution in [2.75, 3.05) is 7.11 Å². The summed E-state index contributed by atoms with van der Waals surface area (Å²) in [7, 11) is -2.59. The summed E-state index contributed by atoms with van der Waals surface area (Å²) >= 11 is 0. The van der Waals surface area contributed by atoms with E-state index in [4.69, 9.17) is 0 Å². The maximum absolute atomic E-state index is 13.0. The number of halogens is 1. The van der Waals surface area contributed by atoms with Crippen LogP contribution in [0.1, 0.15) is 5.56 Å². The highest BCUT2D eigenvalue weighted by Gasteiger charge is 2.14. The average Bonchev–Trinajstić information content (AvgIpc) is 2.09. The number of benzene rings is 1. The zero-order valence-electron chi connectivity index (χ0n) is 7.74. The number of aryl methyl sites for hydroxylation is 1. The number of rotatable bonds is 3.